The second-order valence-corrected chi connectivity index (χ2v) is 2.77. The number of carboxylic acids is 1. The topological polar surface area (TPSA) is 75.2 Å². The van der Waals surface area contributed by atoms with Crippen molar-refractivity contribution >= 4 is 16.9 Å². The van der Waals surface area contributed by atoms with E-state index in [1.165, 1.54) is 0 Å². The Morgan fingerprint density at radius 1 is 1.57 bits per heavy atom. The number of fused-ring (bicyclic) bond motifs is 1. The van der Waals surface area contributed by atoms with Crippen molar-refractivity contribution in [2.75, 3.05) is 6.61 Å². The van der Waals surface area contributed by atoms with Gasteiger partial charge < -0.3 is 9.84 Å². The van der Waals surface area contributed by atoms with Crippen LogP contribution in [0.3, 0.4) is 0 Å². The zero-order valence-corrected chi connectivity index (χ0v) is 7.23. The van der Waals surface area contributed by atoms with Crippen molar-refractivity contribution in [3.8, 4) is 5.75 Å². The van der Waals surface area contributed by atoms with Gasteiger partial charge in [0.2, 0.25) is 0 Å². The van der Waals surface area contributed by atoms with Gasteiger partial charge in [-0.05, 0) is 12.1 Å². The fourth-order valence-electron chi connectivity index (χ4n) is 1.21. The number of carboxylic acid groups (broad SMARTS) is 1. The lowest BCUT2D eigenvalue weighted by Crippen LogP contribution is -2.09. The molecule has 14 heavy (non-hydrogen) atoms. The van der Waals surface area contributed by atoms with Gasteiger partial charge in [-0.1, -0.05) is 6.07 Å². The Kier molecular flexibility index (Phi) is 2.06. The molecule has 0 aliphatic rings. The highest BCUT2D eigenvalue weighted by atomic mass is 16.5. The molecular weight excluding hydrogens is 184 g/mol. The molecule has 0 unspecified atom stereocenters. The van der Waals surface area contributed by atoms with Crippen molar-refractivity contribution in [1.29, 1.82) is 0 Å². The van der Waals surface area contributed by atoms with Crippen LogP contribution in [0.25, 0.3) is 10.9 Å². The van der Waals surface area contributed by atoms with Crippen LogP contribution in [0, 0.1) is 0 Å². The van der Waals surface area contributed by atoms with Crippen molar-refractivity contribution in [3.63, 3.8) is 0 Å². The molecule has 0 atom stereocenters. The maximum absolute atomic E-state index is 10.3. The number of rotatable bonds is 3. The normalized spacial score (nSPS) is 10.3. The first kappa shape index (κ1) is 8.55. The molecule has 2 aromatic rings. The van der Waals surface area contributed by atoms with Crippen LogP contribution in [0.15, 0.2) is 24.4 Å². The number of hydrogen-bond donors (Lipinski definition) is 2. The Bertz CT molecular complexity index is 464. The quantitative estimate of drug-likeness (QED) is 0.761. The van der Waals surface area contributed by atoms with Crippen LogP contribution in [0.5, 0.6) is 5.75 Å². The average Bonchev–Trinajstić information content (AvgIpc) is 2.62. The van der Waals surface area contributed by atoms with Gasteiger partial charge in [0.25, 0.3) is 0 Å². The van der Waals surface area contributed by atoms with Crippen molar-refractivity contribution in [2.45, 2.75) is 0 Å². The number of aliphatic carboxylic acids is 1. The molecule has 2 N–H and O–H groups in total. The highest BCUT2D eigenvalue weighted by Gasteiger charge is 2.04. The maximum atomic E-state index is 10.3. The number of benzene rings is 1. The van der Waals surface area contributed by atoms with Crippen LogP contribution in [0.1, 0.15) is 0 Å². The van der Waals surface area contributed by atoms with E-state index in [4.69, 9.17) is 9.84 Å². The summed E-state index contributed by atoms with van der Waals surface area (Å²) in [5.74, 6) is -0.468. The Morgan fingerprint density at radius 2 is 2.43 bits per heavy atom. The third kappa shape index (κ3) is 1.52. The van der Waals surface area contributed by atoms with Crippen molar-refractivity contribution in [2.24, 2.45) is 0 Å². The lowest BCUT2D eigenvalue weighted by atomic mass is 10.2. The van der Waals surface area contributed by atoms with E-state index in [0.29, 0.717) is 5.75 Å². The van der Waals surface area contributed by atoms with Crippen LogP contribution >= 0.6 is 0 Å². The summed E-state index contributed by atoms with van der Waals surface area (Å²) in [6.07, 6.45) is 1.60. The summed E-state index contributed by atoms with van der Waals surface area (Å²) < 4.78 is 5.08. The minimum Gasteiger partial charge on any atom is -0.481 e. The summed E-state index contributed by atoms with van der Waals surface area (Å²) in [4.78, 5) is 10.3. The molecule has 1 heterocycles. The predicted octanol–water partition coefficient (Wildman–Crippen LogP) is 1.03. The summed E-state index contributed by atoms with van der Waals surface area (Å²) in [7, 11) is 0. The molecule has 0 amide bonds. The molecule has 0 saturated carbocycles. The zero-order chi connectivity index (χ0) is 9.97. The molecule has 0 aliphatic heterocycles. The minimum absolute atomic E-state index is 0.343. The Morgan fingerprint density at radius 3 is 3.21 bits per heavy atom. The SMILES string of the molecule is O=C(O)COc1cccc2[nH]ncc12. The fourth-order valence-corrected chi connectivity index (χ4v) is 1.21. The molecule has 0 radical (unpaired) electrons. The first-order chi connectivity index (χ1) is 6.77. The van der Waals surface area contributed by atoms with Gasteiger partial charge in [0, 0.05) is 0 Å². The lowest BCUT2D eigenvalue weighted by Gasteiger charge is -2.03. The number of H-pyrrole nitrogens is 1. The molecule has 2 rings (SSSR count). The summed E-state index contributed by atoms with van der Waals surface area (Å²) in [5, 5.41) is 15.8. The summed E-state index contributed by atoms with van der Waals surface area (Å²) in [5.41, 5.74) is 0.827. The number of nitrogens with zero attached hydrogens (tertiary/aromatic N) is 1. The van der Waals surface area contributed by atoms with E-state index in [-0.39, 0.29) is 6.61 Å². The molecule has 5 nitrogen and oxygen atoms in total. The van der Waals surface area contributed by atoms with E-state index < -0.39 is 5.97 Å². The second-order valence-electron chi connectivity index (χ2n) is 2.77. The van der Waals surface area contributed by atoms with E-state index in [9.17, 15) is 4.79 Å². The van der Waals surface area contributed by atoms with Gasteiger partial charge in [-0.25, -0.2) is 4.79 Å². The largest absolute Gasteiger partial charge is 0.481 e. The van der Waals surface area contributed by atoms with Crippen LogP contribution in [0.4, 0.5) is 0 Å². The third-order valence-corrected chi connectivity index (χ3v) is 1.80. The monoisotopic (exact) mass is 192 g/mol. The number of nitrogens with one attached hydrogen (secondary N) is 1. The Balaban J connectivity index is 2.32. The van der Waals surface area contributed by atoms with Crippen LogP contribution < -0.4 is 4.74 Å². The van der Waals surface area contributed by atoms with Crippen LogP contribution in [0.2, 0.25) is 0 Å². The molecule has 72 valence electrons. The highest BCUT2D eigenvalue weighted by molar-refractivity contribution is 5.84. The highest BCUT2D eigenvalue weighted by Crippen LogP contribution is 2.22. The molecule has 0 spiro atoms. The van der Waals surface area contributed by atoms with Crippen molar-refractivity contribution in [1.82, 2.24) is 10.2 Å². The van der Waals surface area contributed by atoms with Gasteiger partial charge in [0.15, 0.2) is 6.61 Å². The summed E-state index contributed by atoms with van der Waals surface area (Å²) >= 11 is 0. The number of ether oxygens (including phenoxy) is 1. The molecule has 1 aromatic carbocycles. The maximum Gasteiger partial charge on any atom is 0.341 e. The Labute approximate surface area is 79.3 Å². The van der Waals surface area contributed by atoms with Gasteiger partial charge in [-0.3, -0.25) is 5.10 Å². The minimum atomic E-state index is -0.995. The fraction of sp³-hybridized carbons (Fsp3) is 0.111. The van der Waals surface area contributed by atoms with Crippen LogP contribution in [-0.4, -0.2) is 27.9 Å². The molecule has 0 fully saturated rings. The number of hydrogen-bond acceptors (Lipinski definition) is 3. The predicted molar refractivity (Wildman–Crippen MR) is 49.2 cm³/mol. The van der Waals surface area contributed by atoms with Gasteiger partial charge in [-0.2, -0.15) is 5.10 Å². The summed E-state index contributed by atoms with van der Waals surface area (Å²) in [6, 6.07) is 5.33. The third-order valence-electron chi connectivity index (χ3n) is 1.80. The Hall–Kier alpha value is -2.04. The first-order valence-electron chi connectivity index (χ1n) is 4.04. The lowest BCUT2D eigenvalue weighted by molar-refractivity contribution is -0.139. The van der Waals surface area contributed by atoms with Gasteiger partial charge in [0.05, 0.1) is 17.1 Å². The standard InChI is InChI=1S/C9H8N2O3/c12-9(13)5-14-8-3-1-2-7-6(8)4-10-11-7/h1-4H,5H2,(H,10,11)(H,12,13). The average molecular weight is 192 g/mol. The molecule has 0 saturated heterocycles. The van der Waals surface area contributed by atoms with Gasteiger partial charge >= 0.3 is 5.97 Å². The van der Waals surface area contributed by atoms with E-state index in [1.54, 1.807) is 18.3 Å². The zero-order valence-electron chi connectivity index (χ0n) is 7.23. The number of carbonyl (C=O) groups is 1. The van der Waals surface area contributed by atoms with E-state index in [2.05, 4.69) is 10.2 Å². The van der Waals surface area contributed by atoms with E-state index in [1.807, 2.05) is 6.07 Å². The molecule has 0 aliphatic carbocycles. The van der Waals surface area contributed by atoms with Gasteiger partial charge in [-0.15, -0.1) is 0 Å². The van der Waals surface area contributed by atoms with E-state index in [0.717, 1.165) is 10.9 Å². The van der Waals surface area contributed by atoms with Gasteiger partial charge in [0.1, 0.15) is 5.75 Å². The molecule has 0 bridgehead atoms. The summed E-state index contributed by atoms with van der Waals surface area (Å²) in [6.45, 7) is -0.343. The number of aromatic nitrogens is 2. The first-order valence-corrected chi connectivity index (χ1v) is 4.04. The smallest absolute Gasteiger partial charge is 0.341 e. The molecular formula is C9H8N2O3. The second kappa shape index (κ2) is 3.37. The molecule has 1 aromatic heterocycles. The van der Waals surface area contributed by atoms with E-state index >= 15 is 0 Å². The van der Waals surface area contributed by atoms with Crippen molar-refractivity contribution in [3.05, 3.63) is 24.4 Å². The number of aromatic amines is 1. The molecule has 5 heteroatoms. The van der Waals surface area contributed by atoms with Crippen LogP contribution in [-0.2, 0) is 4.79 Å². The van der Waals surface area contributed by atoms with Crippen molar-refractivity contribution < 1.29 is 14.6 Å².